The fraction of sp³-hybridized carbons (Fsp3) is 0.300. The van der Waals surface area contributed by atoms with Gasteiger partial charge in [0.1, 0.15) is 5.82 Å². The van der Waals surface area contributed by atoms with Crippen LogP contribution in [0, 0.1) is 5.82 Å². The predicted molar refractivity (Wildman–Crippen MR) is 52.4 cm³/mol. The van der Waals surface area contributed by atoms with Crippen LogP contribution in [-0.4, -0.2) is 12.6 Å². The Morgan fingerprint density at radius 3 is 2.47 bits per heavy atom. The Labute approximate surface area is 99.1 Å². The molecule has 0 bridgehead atoms. The monoisotopic (exact) mass is 270 g/mol. The second-order valence-electron chi connectivity index (χ2n) is 3.04. The van der Waals surface area contributed by atoms with Crippen molar-refractivity contribution in [1.29, 1.82) is 0 Å². The molecule has 0 unspecified atom stereocenters. The van der Waals surface area contributed by atoms with E-state index in [9.17, 15) is 22.4 Å². The highest BCUT2D eigenvalue weighted by atomic mass is 35.5. The number of ether oxygens (including phenoxy) is 1. The summed E-state index contributed by atoms with van der Waals surface area (Å²) < 4.78 is 55.0. The minimum absolute atomic E-state index is 0.0234. The molecule has 0 heterocycles. The maximum Gasteiger partial charge on any atom is 0.417 e. The standard InChI is InChI=1S/C10H7ClF4O2/c1-2-17-9(16)5-3-6(10(13,14)15)8(11)7(12)4-5/h3-4H,2H2,1H3. The van der Waals surface area contributed by atoms with E-state index in [-0.39, 0.29) is 6.61 Å². The Bertz CT molecular complexity index is 443. The lowest BCUT2D eigenvalue weighted by Crippen LogP contribution is -2.11. The van der Waals surface area contributed by atoms with Crippen LogP contribution in [0.5, 0.6) is 0 Å². The third-order valence-electron chi connectivity index (χ3n) is 1.84. The van der Waals surface area contributed by atoms with Gasteiger partial charge in [-0.3, -0.25) is 0 Å². The topological polar surface area (TPSA) is 26.3 Å². The van der Waals surface area contributed by atoms with Gasteiger partial charge in [-0.2, -0.15) is 13.2 Å². The number of benzene rings is 1. The molecule has 1 rings (SSSR count). The molecule has 94 valence electrons. The average Bonchev–Trinajstić information content (AvgIpc) is 2.20. The third-order valence-corrected chi connectivity index (χ3v) is 2.23. The highest BCUT2D eigenvalue weighted by Gasteiger charge is 2.35. The molecule has 0 saturated heterocycles. The van der Waals surface area contributed by atoms with Gasteiger partial charge in [-0.25, -0.2) is 9.18 Å². The van der Waals surface area contributed by atoms with Gasteiger partial charge in [-0.15, -0.1) is 0 Å². The van der Waals surface area contributed by atoms with E-state index in [4.69, 9.17) is 11.6 Å². The lowest BCUT2D eigenvalue weighted by molar-refractivity contribution is -0.137. The minimum Gasteiger partial charge on any atom is -0.462 e. The number of carbonyl (C=O) groups is 1. The number of hydrogen-bond donors (Lipinski definition) is 0. The molecule has 0 radical (unpaired) electrons. The zero-order valence-corrected chi connectivity index (χ0v) is 9.32. The zero-order chi connectivity index (χ0) is 13.2. The Kier molecular flexibility index (Phi) is 3.98. The maximum atomic E-state index is 13.1. The molecule has 0 spiro atoms. The minimum atomic E-state index is -4.83. The highest BCUT2D eigenvalue weighted by molar-refractivity contribution is 6.31. The first-order valence-electron chi connectivity index (χ1n) is 4.50. The second-order valence-corrected chi connectivity index (χ2v) is 3.42. The molecular formula is C10H7ClF4O2. The molecule has 0 amide bonds. The van der Waals surface area contributed by atoms with Gasteiger partial charge in [0.05, 0.1) is 22.8 Å². The Balaban J connectivity index is 3.29. The van der Waals surface area contributed by atoms with Crippen molar-refractivity contribution >= 4 is 17.6 Å². The molecule has 0 N–H and O–H groups in total. The fourth-order valence-electron chi connectivity index (χ4n) is 1.13. The third kappa shape index (κ3) is 3.09. The molecule has 0 aliphatic rings. The first-order valence-corrected chi connectivity index (χ1v) is 4.88. The van der Waals surface area contributed by atoms with Crippen LogP contribution in [0.2, 0.25) is 5.02 Å². The van der Waals surface area contributed by atoms with Crippen molar-refractivity contribution < 1.29 is 27.1 Å². The summed E-state index contributed by atoms with van der Waals surface area (Å²) in [5.74, 6) is -2.35. The van der Waals surface area contributed by atoms with Gasteiger partial charge in [0.25, 0.3) is 0 Å². The Hall–Kier alpha value is -1.30. The summed E-state index contributed by atoms with van der Waals surface area (Å²) >= 11 is 5.18. The quantitative estimate of drug-likeness (QED) is 0.605. The lowest BCUT2D eigenvalue weighted by atomic mass is 10.1. The van der Waals surface area contributed by atoms with Crippen LogP contribution in [0.25, 0.3) is 0 Å². The fourth-order valence-corrected chi connectivity index (χ4v) is 1.34. The molecule has 0 aliphatic carbocycles. The van der Waals surface area contributed by atoms with E-state index in [0.29, 0.717) is 12.1 Å². The van der Waals surface area contributed by atoms with Crippen LogP contribution in [0.15, 0.2) is 12.1 Å². The first kappa shape index (κ1) is 13.8. The van der Waals surface area contributed by atoms with Gasteiger partial charge in [-0.05, 0) is 19.1 Å². The highest BCUT2D eigenvalue weighted by Crippen LogP contribution is 2.36. The molecule has 0 saturated carbocycles. The number of esters is 1. The number of halogens is 5. The van der Waals surface area contributed by atoms with E-state index in [0.717, 1.165) is 0 Å². The van der Waals surface area contributed by atoms with Crippen molar-refractivity contribution in [1.82, 2.24) is 0 Å². The van der Waals surface area contributed by atoms with E-state index in [1.807, 2.05) is 0 Å². The van der Waals surface area contributed by atoms with Crippen molar-refractivity contribution in [3.63, 3.8) is 0 Å². The number of rotatable bonds is 2. The van der Waals surface area contributed by atoms with Crippen LogP contribution in [-0.2, 0) is 10.9 Å². The van der Waals surface area contributed by atoms with Crippen LogP contribution >= 0.6 is 11.6 Å². The van der Waals surface area contributed by atoms with Gasteiger partial charge in [0, 0.05) is 0 Å². The smallest absolute Gasteiger partial charge is 0.417 e. The molecule has 0 aromatic heterocycles. The van der Waals surface area contributed by atoms with E-state index >= 15 is 0 Å². The molecular weight excluding hydrogens is 264 g/mol. The van der Waals surface area contributed by atoms with Crippen molar-refractivity contribution in [2.24, 2.45) is 0 Å². The maximum absolute atomic E-state index is 13.1. The van der Waals surface area contributed by atoms with Crippen LogP contribution in [0.4, 0.5) is 17.6 Å². The van der Waals surface area contributed by atoms with E-state index in [1.165, 1.54) is 6.92 Å². The summed E-state index contributed by atoms with van der Waals surface area (Å²) in [7, 11) is 0. The van der Waals surface area contributed by atoms with Crippen molar-refractivity contribution in [3.05, 3.63) is 34.1 Å². The van der Waals surface area contributed by atoms with Crippen LogP contribution in [0.1, 0.15) is 22.8 Å². The summed E-state index contributed by atoms with van der Waals surface area (Å²) in [6, 6.07) is 1.07. The predicted octanol–water partition coefficient (Wildman–Crippen LogP) is 3.67. The number of alkyl halides is 3. The van der Waals surface area contributed by atoms with Gasteiger partial charge < -0.3 is 4.74 Å². The van der Waals surface area contributed by atoms with Gasteiger partial charge in [0.2, 0.25) is 0 Å². The molecule has 1 aromatic carbocycles. The Morgan fingerprint density at radius 1 is 1.41 bits per heavy atom. The second kappa shape index (κ2) is 4.91. The lowest BCUT2D eigenvalue weighted by Gasteiger charge is -2.11. The molecule has 7 heteroatoms. The molecule has 0 aliphatic heterocycles. The van der Waals surface area contributed by atoms with Gasteiger partial charge in [-0.1, -0.05) is 11.6 Å². The summed E-state index contributed by atoms with van der Waals surface area (Å²) in [4.78, 5) is 11.2. The normalized spacial score (nSPS) is 11.4. The van der Waals surface area contributed by atoms with Crippen LogP contribution in [0.3, 0.4) is 0 Å². The molecule has 0 fully saturated rings. The molecule has 1 aromatic rings. The van der Waals surface area contributed by atoms with Crippen molar-refractivity contribution in [3.8, 4) is 0 Å². The van der Waals surface area contributed by atoms with Gasteiger partial charge in [0.15, 0.2) is 0 Å². The van der Waals surface area contributed by atoms with Crippen LogP contribution < -0.4 is 0 Å². The van der Waals surface area contributed by atoms with E-state index in [2.05, 4.69) is 4.74 Å². The largest absolute Gasteiger partial charge is 0.462 e. The Morgan fingerprint density at radius 2 is 2.00 bits per heavy atom. The zero-order valence-electron chi connectivity index (χ0n) is 8.57. The SMILES string of the molecule is CCOC(=O)c1cc(F)c(Cl)c(C(F)(F)F)c1. The first-order chi connectivity index (χ1) is 7.77. The summed E-state index contributed by atoms with van der Waals surface area (Å²) in [6.07, 6.45) is -4.83. The number of hydrogen-bond acceptors (Lipinski definition) is 2. The van der Waals surface area contributed by atoms with E-state index < -0.39 is 34.1 Å². The summed E-state index contributed by atoms with van der Waals surface area (Å²) in [5, 5.41) is -1.06. The molecule has 17 heavy (non-hydrogen) atoms. The average molecular weight is 271 g/mol. The van der Waals surface area contributed by atoms with E-state index in [1.54, 1.807) is 0 Å². The number of carbonyl (C=O) groups excluding carboxylic acids is 1. The molecule has 0 atom stereocenters. The molecule has 2 nitrogen and oxygen atoms in total. The van der Waals surface area contributed by atoms with Crippen molar-refractivity contribution in [2.75, 3.05) is 6.61 Å². The van der Waals surface area contributed by atoms with Crippen molar-refractivity contribution in [2.45, 2.75) is 13.1 Å². The summed E-state index contributed by atoms with van der Waals surface area (Å²) in [5.41, 5.74) is -1.93. The van der Waals surface area contributed by atoms with Gasteiger partial charge >= 0.3 is 12.1 Å². The summed E-state index contributed by atoms with van der Waals surface area (Å²) in [6.45, 7) is 1.46.